The molecule has 0 aliphatic heterocycles. The van der Waals surface area contributed by atoms with Gasteiger partial charge in [-0.15, -0.1) is 0 Å². The zero-order valence-electron chi connectivity index (χ0n) is 9.32. The topological polar surface area (TPSA) is 40.5 Å². The second-order valence-electron chi connectivity index (χ2n) is 4.12. The zero-order chi connectivity index (χ0) is 11.1. The van der Waals surface area contributed by atoms with Gasteiger partial charge in [0.1, 0.15) is 0 Å². The number of aryl methyl sites for hydroxylation is 1. The van der Waals surface area contributed by atoms with Crippen molar-refractivity contribution in [3.8, 4) is 0 Å². The summed E-state index contributed by atoms with van der Waals surface area (Å²) in [5.41, 5.74) is 0.311. The molecule has 2 nitrogen and oxygen atoms in total. The average Bonchev–Trinajstić information content (AvgIpc) is 2.28. The van der Waals surface area contributed by atoms with Gasteiger partial charge in [0.15, 0.2) is 0 Å². The van der Waals surface area contributed by atoms with E-state index in [4.69, 9.17) is 5.11 Å². The molecule has 0 amide bonds. The lowest BCUT2D eigenvalue weighted by atomic mass is 9.91. The first-order valence-corrected chi connectivity index (χ1v) is 5.57. The smallest absolute Gasteiger partial charge is 0.0880 e. The summed E-state index contributed by atoms with van der Waals surface area (Å²) >= 11 is 0. The Balaban J connectivity index is 2.47. The predicted octanol–water partition coefficient (Wildman–Crippen LogP) is 2.14. The summed E-state index contributed by atoms with van der Waals surface area (Å²) in [7, 11) is 0. The number of aliphatic hydroxyl groups excluding tert-OH is 1. The van der Waals surface area contributed by atoms with Crippen molar-refractivity contribution in [1.82, 2.24) is 0 Å². The van der Waals surface area contributed by atoms with Crippen molar-refractivity contribution in [2.24, 2.45) is 0 Å². The van der Waals surface area contributed by atoms with Gasteiger partial charge in [0.2, 0.25) is 0 Å². The molecule has 2 heteroatoms. The minimum absolute atomic E-state index is 0.145. The lowest BCUT2D eigenvalue weighted by molar-refractivity contribution is -0.0281. The van der Waals surface area contributed by atoms with Crippen LogP contribution < -0.4 is 0 Å². The van der Waals surface area contributed by atoms with E-state index in [1.165, 1.54) is 5.56 Å². The van der Waals surface area contributed by atoms with Gasteiger partial charge in [-0.3, -0.25) is 0 Å². The summed E-state index contributed by atoms with van der Waals surface area (Å²) < 4.78 is 0. The second kappa shape index (κ2) is 5.89. The highest BCUT2D eigenvalue weighted by atomic mass is 16.3. The fraction of sp³-hybridized carbons (Fsp3) is 0.538. The van der Waals surface area contributed by atoms with Crippen molar-refractivity contribution < 1.29 is 10.2 Å². The summed E-state index contributed by atoms with van der Waals surface area (Å²) in [5.74, 6) is 0. The van der Waals surface area contributed by atoms with Crippen molar-refractivity contribution in [3.63, 3.8) is 0 Å². The molecule has 0 bridgehead atoms. The Morgan fingerprint density at radius 1 is 1.13 bits per heavy atom. The van der Waals surface area contributed by atoms with Gasteiger partial charge < -0.3 is 10.2 Å². The van der Waals surface area contributed by atoms with E-state index in [2.05, 4.69) is 0 Å². The molecule has 1 atom stereocenters. The Kier molecular flexibility index (Phi) is 4.79. The van der Waals surface area contributed by atoms with Crippen LogP contribution in [0.5, 0.6) is 0 Å². The molecule has 0 aliphatic rings. The number of hydrogen-bond donors (Lipinski definition) is 2. The summed E-state index contributed by atoms with van der Waals surface area (Å²) in [5, 5.41) is 19.2. The first-order valence-electron chi connectivity index (χ1n) is 5.57. The van der Waals surface area contributed by atoms with Crippen LogP contribution in [0.15, 0.2) is 30.3 Å². The van der Waals surface area contributed by atoms with Gasteiger partial charge in [-0.1, -0.05) is 43.7 Å². The van der Waals surface area contributed by atoms with E-state index in [-0.39, 0.29) is 6.61 Å². The molecule has 0 unspecified atom stereocenters. The van der Waals surface area contributed by atoms with Crippen LogP contribution in [0.3, 0.4) is 0 Å². The Morgan fingerprint density at radius 2 is 1.80 bits per heavy atom. The van der Waals surface area contributed by atoms with Crippen molar-refractivity contribution in [1.29, 1.82) is 0 Å². The van der Waals surface area contributed by atoms with E-state index < -0.39 is 5.60 Å². The molecule has 0 aromatic heterocycles. The lowest BCUT2D eigenvalue weighted by Gasteiger charge is -2.25. The quantitative estimate of drug-likeness (QED) is 0.752. The third kappa shape index (κ3) is 4.02. The Bertz CT molecular complexity index is 271. The molecule has 1 aromatic rings. The minimum atomic E-state index is -0.898. The van der Waals surface area contributed by atoms with Gasteiger partial charge in [0.05, 0.1) is 12.2 Å². The predicted molar refractivity (Wildman–Crippen MR) is 61.7 cm³/mol. The van der Waals surface area contributed by atoms with Gasteiger partial charge in [-0.05, 0) is 24.8 Å². The van der Waals surface area contributed by atoms with Gasteiger partial charge in [-0.25, -0.2) is 0 Å². The molecule has 0 fully saturated rings. The first-order chi connectivity index (χ1) is 7.20. The van der Waals surface area contributed by atoms with Crippen LogP contribution in [-0.2, 0) is 6.42 Å². The number of hydrogen-bond acceptors (Lipinski definition) is 2. The molecule has 0 saturated heterocycles. The normalized spacial score (nSPS) is 14.9. The van der Waals surface area contributed by atoms with Crippen LogP contribution in [0.2, 0.25) is 0 Å². The Morgan fingerprint density at radius 3 is 2.33 bits per heavy atom. The molecular weight excluding hydrogens is 188 g/mol. The molecule has 0 spiro atoms. The molecule has 15 heavy (non-hydrogen) atoms. The molecule has 0 radical (unpaired) electrons. The second-order valence-corrected chi connectivity index (χ2v) is 4.12. The van der Waals surface area contributed by atoms with Crippen molar-refractivity contribution in [3.05, 3.63) is 35.9 Å². The van der Waals surface area contributed by atoms with Crippen LogP contribution in [0.4, 0.5) is 0 Å². The minimum Gasteiger partial charge on any atom is -0.393 e. The summed E-state index contributed by atoms with van der Waals surface area (Å²) in [4.78, 5) is 0. The van der Waals surface area contributed by atoms with Gasteiger partial charge in [0.25, 0.3) is 0 Å². The maximum atomic E-state index is 10.0. The number of rotatable bonds is 6. The van der Waals surface area contributed by atoms with Crippen LogP contribution >= 0.6 is 0 Å². The SMILES string of the molecule is CCC[C@@](O)(CO)CCc1ccccc1. The maximum Gasteiger partial charge on any atom is 0.0880 e. The standard InChI is InChI=1S/C13H20O2/c1-2-9-13(15,11-14)10-8-12-6-4-3-5-7-12/h3-7,14-15H,2,8-11H2,1H3/t13-/m0/s1. The third-order valence-corrected chi connectivity index (χ3v) is 2.73. The highest BCUT2D eigenvalue weighted by molar-refractivity contribution is 5.15. The Hall–Kier alpha value is -0.860. The summed E-state index contributed by atoms with van der Waals surface area (Å²) in [6, 6.07) is 10.1. The number of benzene rings is 1. The van der Waals surface area contributed by atoms with Crippen molar-refractivity contribution in [2.75, 3.05) is 6.61 Å². The van der Waals surface area contributed by atoms with Crippen LogP contribution in [0, 0.1) is 0 Å². The summed E-state index contributed by atoms with van der Waals surface area (Å²) in [6.07, 6.45) is 3.00. The molecule has 0 heterocycles. The lowest BCUT2D eigenvalue weighted by Crippen LogP contribution is -2.33. The largest absolute Gasteiger partial charge is 0.393 e. The molecule has 0 saturated carbocycles. The van der Waals surface area contributed by atoms with E-state index in [1.807, 2.05) is 37.3 Å². The van der Waals surface area contributed by atoms with Crippen LogP contribution in [-0.4, -0.2) is 22.4 Å². The average molecular weight is 208 g/mol. The molecular formula is C13H20O2. The molecule has 0 aliphatic carbocycles. The molecule has 84 valence electrons. The van der Waals surface area contributed by atoms with Gasteiger partial charge in [-0.2, -0.15) is 0 Å². The molecule has 1 aromatic carbocycles. The fourth-order valence-corrected chi connectivity index (χ4v) is 1.77. The van der Waals surface area contributed by atoms with Gasteiger partial charge >= 0.3 is 0 Å². The molecule has 2 N–H and O–H groups in total. The van der Waals surface area contributed by atoms with E-state index >= 15 is 0 Å². The highest BCUT2D eigenvalue weighted by Gasteiger charge is 2.24. The van der Waals surface area contributed by atoms with E-state index in [0.717, 1.165) is 12.8 Å². The van der Waals surface area contributed by atoms with E-state index in [9.17, 15) is 5.11 Å². The first kappa shape index (κ1) is 12.2. The summed E-state index contributed by atoms with van der Waals surface area (Å²) in [6.45, 7) is 1.87. The monoisotopic (exact) mass is 208 g/mol. The number of aliphatic hydroxyl groups is 2. The van der Waals surface area contributed by atoms with Crippen LogP contribution in [0.1, 0.15) is 31.7 Å². The zero-order valence-corrected chi connectivity index (χ0v) is 9.32. The molecule has 1 rings (SSSR count). The van der Waals surface area contributed by atoms with Gasteiger partial charge in [0, 0.05) is 0 Å². The highest BCUT2D eigenvalue weighted by Crippen LogP contribution is 2.19. The third-order valence-electron chi connectivity index (χ3n) is 2.73. The van der Waals surface area contributed by atoms with E-state index in [1.54, 1.807) is 0 Å². The van der Waals surface area contributed by atoms with E-state index in [0.29, 0.717) is 12.8 Å². The van der Waals surface area contributed by atoms with Crippen LogP contribution in [0.25, 0.3) is 0 Å². The Labute approximate surface area is 91.6 Å². The van der Waals surface area contributed by atoms with Crippen molar-refractivity contribution >= 4 is 0 Å². The van der Waals surface area contributed by atoms with Crippen molar-refractivity contribution in [2.45, 2.75) is 38.2 Å². The maximum absolute atomic E-state index is 10.0. The fourth-order valence-electron chi connectivity index (χ4n) is 1.77.